The molecule has 0 aromatic carbocycles. The van der Waals surface area contributed by atoms with Gasteiger partial charge in [-0.15, -0.1) is 11.3 Å². The van der Waals surface area contributed by atoms with Crippen LogP contribution in [0.3, 0.4) is 0 Å². The maximum atomic E-state index is 11.7. The first-order chi connectivity index (χ1) is 10.3. The van der Waals surface area contributed by atoms with E-state index in [1.54, 1.807) is 6.20 Å². The van der Waals surface area contributed by atoms with Crippen LogP contribution in [0.4, 0.5) is 4.79 Å². The van der Waals surface area contributed by atoms with E-state index in [9.17, 15) is 4.79 Å². The summed E-state index contributed by atoms with van der Waals surface area (Å²) in [5, 5.41) is 7.19. The summed E-state index contributed by atoms with van der Waals surface area (Å²) in [4.78, 5) is 15.9. The van der Waals surface area contributed by atoms with Crippen LogP contribution in [0.5, 0.6) is 0 Å². The molecule has 1 amide bonds. The Kier molecular flexibility index (Phi) is 8.14. The van der Waals surface area contributed by atoms with Gasteiger partial charge < -0.3 is 15.4 Å². The van der Waals surface area contributed by atoms with Crippen LogP contribution < -0.4 is 10.6 Å². The number of carbonyl (C=O) groups excluding carboxylic acids is 1. The summed E-state index contributed by atoms with van der Waals surface area (Å²) in [6.07, 6.45) is 4.49. The quantitative estimate of drug-likeness (QED) is 0.746. The predicted octanol–water partition coefficient (Wildman–Crippen LogP) is 3.97. The highest BCUT2D eigenvalue weighted by Gasteiger charge is 2.17. The van der Waals surface area contributed by atoms with E-state index in [1.165, 1.54) is 11.3 Å². The molecule has 0 spiro atoms. The van der Waals surface area contributed by atoms with E-state index in [2.05, 4.69) is 22.5 Å². The fourth-order valence-corrected chi connectivity index (χ4v) is 2.76. The molecule has 1 atom stereocenters. The Hall–Kier alpha value is -0.850. The van der Waals surface area contributed by atoms with Crippen LogP contribution in [0.2, 0.25) is 4.34 Å². The molecule has 7 heteroatoms. The third kappa shape index (κ3) is 8.56. The number of thiazole rings is 1. The lowest BCUT2D eigenvalue weighted by Gasteiger charge is -2.22. The molecule has 1 rings (SSSR count). The second-order valence-corrected chi connectivity index (χ2v) is 7.91. The minimum atomic E-state index is -0.478. The minimum Gasteiger partial charge on any atom is -0.444 e. The van der Waals surface area contributed by atoms with Gasteiger partial charge in [-0.1, -0.05) is 31.4 Å². The molecule has 126 valence electrons. The smallest absolute Gasteiger partial charge is 0.407 e. The van der Waals surface area contributed by atoms with Crippen molar-refractivity contribution < 1.29 is 9.53 Å². The summed E-state index contributed by atoms with van der Waals surface area (Å²) >= 11 is 7.34. The lowest BCUT2D eigenvalue weighted by molar-refractivity contribution is 0.0521. The van der Waals surface area contributed by atoms with Crippen LogP contribution >= 0.6 is 22.9 Å². The largest absolute Gasteiger partial charge is 0.444 e. The Bertz CT molecular complexity index is 460. The predicted molar refractivity (Wildman–Crippen MR) is 91.5 cm³/mol. The fourth-order valence-electron chi connectivity index (χ4n) is 1.85. The van der Waals surface area contributed by atoms with Gasteiger partial charge in [0.2, 0.25) is 0 Å². The number of halogens is 1. The zero-order valence-electron chi connectivity index (χ0n) is 13.7. The maximum absolute atomic E-state index is 11.7. The molecular weight excluding hydrogens is 322 g/mol. The molecule has 0 saturated heterocycles. The van der Waals surface area contributed by atoms with Crippen LogP contribution in [0.15, 0.2) is 6.20 Å². The number of nitrogens with zero attached hydrogens (tertiary/aromatic N) is 1. The van der Waals surface area contributed by atoms with Crippen molar-refractivity contribution in [1.29, 1.82) is 0 Å². The van der Waals surface area contributed by atoms with Gasteiger partial charge in [-0.2, -0.15) is 0 Å². The average molecular weight is 348 g/mol. The number of aromatic nitrogens is 1. The number of amides is 1. The zero-order chi connectivity index (χ0) is 16.6. The first kappa shape index (κ1) is 19.2. The lowest BCUT2D eigenvalue weighted by Crippen LogP contribution is -2.42. The molecule has 1 aromatic rings. The summed E-state index contributed by atoms with van der Waals surface area (Å²) in [6.45, 7) is 8.90. The van der Waals surface area contributed by atoms with Crippen LogP contribution in [-0.2, 0) is 11.3 Å². The monoisotopic (exact) mass is 347 g/mol. The summed E-state index contributed by atoms with van der Waals surface area (Å²) in [7, 11) is 0. The Morgan fingerprint density at radius 3 is 2.77 bits per heavy atom. The average Bonchev–Trinajstić information content (AvgIpc) is 2.81. The number of nitrogens with one attached hydrogen (secondary N) is 2. The molecule has 0 saturated carbocycles. The number of hydrogen-bond acceptors (Lipinski definition) is 5. The second-order valence-electron chi connectivity index (χ2n) is 6.16. The van der Waals surface area contributed by atoms with E-state index in [4.69, 9.17) is 16.3 Å². The Balaban J connectivity index is 2.41. The van der Waals surface area contributed by atoms with Crippen molar-refractivity contribution in [3.63, 3.8) is 0 Å². The molecule has 2 N–H and O–H groups in total. The van der Waals surface area contributed by atoms with Gasteiger partial charge in [0, 0.05) is 19.1 Å². The van der Waals surface area contributed by atoms with Crippen molar-refractivity contribution in [2.75, 3.05) is 6.54 Å². The molecule has 22 heavy (non-hydrogen) atoms. The summed E-state index contributed by atoms with van der Waals surface area (Å²) in [6, 6.07) is 0.190. The first-order valence-corrected chi connectivity index (χ1v) is 8.80. The SMILES string of the molecule is CCCCC(CNC(=O)OC(C)(C)C)NCc1ncc(Cl)s1. The number of carbonyl (C=O) groups is 1. The summed E-state index contributed by atoms with van der Waals surface area (Å²) in [5.41, 5.74) is -0.478. The molecule has 1 heterocycles. The second kappa shape index (κ2) is 9.33. The lowest BCUT2D eigenvalue weighted by atomic mass is 10.1. The van der Waals surface area contributed by atoms with Gasteiger partial charge in [0.1, 0.15) is 14.9 Å². The van der Waals surface area contributed by atoms with Gasteiger partial charge in [-0.25, -0.2) is 9.78 Å². The molecular formula is C15H26ClN3O2S. The van der Waals surface area contributed by atoms with E-state index in [1.807, 2.05) is 20.8 Å². The standard InChI is InChI=1S/C15H26ClN3O2S/c1-5-6-7-11(8-19-14(20)21-15(2,3)4)17-10-13-18-9-12(16)22-13/h9,11,17H,5-8,10H2,1-4H3,(H,19,20). The maximum Gasteiger partial charge on any atom is 0.407 e. The molecule has 0 radical (unpaired) electrons. The normalized spacial score (nSPS) is 13.0. The molecule has 1 unspecified atom stereocenters. The minimum absolute atomic E-state index is 0.190. The molecule has 5 nitrogen and oxygen atoms in total. The van der Waals surface area contributed by atoms with E-state index in [0.717, 1.165) is 24.3 Å². The van der Waals surface area contributed by atoms with E-state index in [0.29, 0.717) is 17.4 Å². The van der Waals surface area contributed by atoms with Crippen molar-refractivity contribution in [2.45, 2.75) is 65.1 Å². The zero-order valence-corrected chi connectivity index (χ0v) is 15.3. The third-order valence-electron chi connectivity index (χ3n) is 2.87. The first-order valence-electron chi connectivity index (χ1n) is 7.60. The van der Waals surface area contributed by atoms with Crippen LogP contribution in [-0.4, -0.2) is 29.3 Å². The Morgan fingerprint density at radius 2 is 2.23 bits per heavy atom. The highest BCUT2D eigenvalue weighted by atomic mass is 35.5. The Morgan fingerprint density at radius 1 is 1.50 bits per heavy atom. The topological polar surface area (TPSA) is 63.2 Å². The third-order valence-corrected chi connectivity index (χ3v) is 3.98. The van der Waals surface area contributed by atoms with Crippen molar-refractivity contribution in [3.8, 4) is 0 Å². The van der Waals surface area contributed by atoms with Crippen molar-refractivity contribution in [3.05, 3.63) is 15.5 Å². The molecule has 0 bridgehead atoms. The molecule has 0 aliphatic rings. The van der Waals surface area contributed by atoms with Gasteiger partial charge in [-0.3, -0.25) is 0 Å². The van der Waals surface area contributed by atoms with Gasteiger partial charge in [0.05, 0.1) is 6.20 Å². The number of ether oxygens (including phenoxy) is 1. The van der Waals surface area contributed by atoms with Crippen LogP contribution in [0.1, 0.15) is 52.0 Å². The van der Waals surface area contributed by atoms with Crippen LogP contribution in [0, 0.1) is 0 Å². The van der Waals surface area contributed by atoms with Crippen molar-refractivity contribution >= 4 is 29.0 Å². The van der Waals surface area contributed by atoms with Gasteiger partial charge in [0.15, 0.2) is 0 Å². The number of unbranched alkanes of at least 4 members (excludes halogenated alkanes) is 1. The Labute approximate surface area is 141 Å². The van der Waals surface area contributed by atoms with Crippen molar-refractivity contribution in [2.24, 2.45) is 0 Å². The van der Waals surface area contributed by atoms with Gasteiger partial charge in [-0.05, 0) is 27.2 Å². The van der Waals surface area contributed by atoms with Gasteiger partial charge >= 0.3 is 6.09 Å². The highest BCUT2D eigenvalue weighted by Crippen LogP contribution is 2.18. The summed E-state index contributed by atoms with van der Waals surface area (Å²) in [5.74, 6) is 0. The van der Waals surface area contributed by atoms with Crippen molar-refractivity contribution in [1.82, 2.24) is 15.6 Å². The number of alkyl carbamates (subject to hydrolysis) is 1. The van der Waals surface area contributed by atoms with E-state index in [-0.39, 0.29) is 12.1 Å². The van der Waals surface area contributed by atoms with Crippen LogP contribution in [0.25, 0.3) is 0 Å². The van der Waals surface area contributed by atoms with E-state index < -0.39 is 5.60 Å². The molecule has 0 aliphatic carbocycles. The number of rotatable bonds is 8. The van der Waals surface area contributed by atoms with Gasteiger partial charge in [0.25, 0.3) is 0 Å². The highest BCUT2D eigenvalue weighted by molar-refractivity contribution is 7.15. The van der Waals surface area contributed by atoms with E-state index >= 15 is 0 Å². The molecule has 0 aliphatic heterocycles. The number of hydrogen-bond donors (Lipinski definition) is 2. The molecule has 1 aromatic heterocycles. The molecule has 0 fully saturated rings. The summed E-state index contributed by atoms with van der Waals surface area (Å²) < 4.78 is 5.94. The fraction of sp³-hybridized carbons (Fsp3) is 0.733.